The van der Waals surface area contributed by atoms with Crippen molar-refractivity contribution < 1.29 is 9.90 Å². The lowest BCUT2D eigenvalue weighted by Crippen LogP contribution is -2.28. The second-order valence-corrected chi connectivity index (χ2v) is 4.47. The summed E-state index contributed by atoms with van der Waals surface area (Å²) in [6.07, 6.45) is 4.11. The van der Waals surface area contributed by atoms with Gasteiger partial charge in [-0.2, -0.15) is 5.26 Å². The number of carboxylic acid groups (broad SMARTS) is 1. The van der Waals surface area contributed by atoms with Crippen LogP contribution in [-0.4, -0.2) is 11.1 Å². The quantitative estimate of drug-likeness (QED) is 0.724. The van der Waals surface area contributed by atoms with Gasteiger partial charge in [0.05, 0.1) is 6.07 Å². The summed E-state index contributed by atoms with van der Waals surface area (Å²) in [7, 11) is 0. The summed E-state index contributed by atoms with van der Waals surface area (Å²) in [5.74, 6) is -1.05. The molecule has 0 aromatic rings. The van der Waals surface area contributed by atoms with Crippen LogP contribution in [0.5, 0.6) is 0 Å². The number of allylic oxidation sites excluding steroid dienone is 4. The van der Waals surface area contributed by atoms with Gasteiger partial charge in [0.25, 0.3) is 0 Å². The van der Waals surface area contributed by atoms with E-state index in [1.807, 2.05) is 33.8 Å². The lowest BCUT2D eigenvalue weighted by atomic mass is 9.81. The van der Waals surface area contributed by atoms with Gasteiger partial charge in [-0.25, -0.2) is 0 Å². The number of aliphatic carboxylic acids is 1. The van der Waals surface area contributed by atoms with E-state index in [1.165, 1.54) is 0 Å². The Hall–Kier alpha value is -1.56. The van der Waals surface area contributed by atoms with Crippen LogP contribution in [0.25, 0.3) is 0 Å². The van der Waals surface area contributed by atoms with Crippen LogP contribution in [0.3, 0.4) is 0 Å². The molecule has 88 valence electrons. The third-order valence-electron chi connectivity index (χ3n) is 2.34. The van der Waals surface area contributed by atoms with E-state index >= 15 is 0 Å². The fourth-order valence-electron chi connectivity index (χ4n) is 1.15. The normalized spacial score (nSPS) is 10.2. The van der Waals surface area contributed by atoms with Crippen molar-refractivity contribution in [2.24, 2.45) is 5.41 Å². The van der Waals surface area contributed by atoms with Crippen LogP contribution in [0, 0.1) is 16.7 Å². The first-order valence-electron chi connectivity index (χ1n) is 5.25. The minimum absolute atomic E-state index is 0.255. The monoisotopic (exact) mass is 221 g/mol. The second-order valence-electron chi connectivity index (χ2n) is 4.47. The largest absolute Gasteiger partial charge is 0.480 e. The molecule has 0 spiro atoms. The molecule has 0 aromatic heterocycles. The number of hydrogen-bond donors (Lipinski definition) is 1. The summed E-state index contributed by atoms with van der Waals surface area (Å²) >= 11 is 0. The lowest BCUT2D eigenvalue weighted by molar-refractivity contribution is -0.145. The molecule has 3 nitrogen and oxygen atoms in total. The van der Waals surface area contributed by atoms with E-state index in [0.29, 0.717) is 0 Å². The minimum Gasteiger partial charge on any atom is -0.480 e. The van der Waals surface area contributed by atoms with E-state index < -0.39 is 11.4 Å². The standard InChI is InChI=1S/C13H19NO2/c1-10(2)5-7-13(9-14,12(15)16)8-6-11(3)4/h5-6H,7-8H2,1-4H3,(H,15,16). The number of carbonyl (C=O) groups is 1. The molecule has 0 saturated carbocycles. The molecule has 0 aromatic carbocycles. The molecule has 0 aliphatic carbocycles. The van der Waals surface area contributed by atoms with Crippen molar-refractivity contribution in [3.63, 3.8) is 0 Å². The SMILES string of the molecule is CC(C)=CCC(C#N)(CC=C(C)C)C(=O)O. The molecule has 0 unspecified atom stereocenters. The van der Waals surface area contributed by atoms with Crippen LogP contribution in [-0.2, 0) is 4.79 Å². The third kappa shape index (κ3) is 4.31. The molecule has 0 saturated heterocycles. The van der Waals surface area contributed by atoms with Crippen molar-refractivity contribution >= 4 is 5.97 Å². The fraction of sp³-hybridized carbons (Fsp3) is 0.538. The summed E-state index contributed by atoms with van der Waals surface area (Å²) in [6, 6.07) is 1.94. The van der Waals surface area contributed by atoms with Crippen molar-refractivity contribution in [1.29, 1.82) is 5.26 Å². The fourth-order valence-corrected chi connectivity index (χ4v) is 1.15. The molecular formula is C13H19NO2. The van der Waals surface area contributed by atoms with Gasteiger partial charge in [0.15, 0.2) is 5.41 Å². The second kappa shape index (κ2) is 6.12. The van der Waals surface area contributed by atoms with Gasteiger partial charge in [0, 0.05) is 0 Å². The zero-order chi connectivity index (χ0) is 12.8. The van der Waals surface area contributed by atoms with Gasteiger partial charge < -0.3 is 5.11 Å². The maximum absolute atomic E-state index is 11.2. The zero-order valence-electron chi connectivity index (χ0n) is 10.4. The lowest BCUT2D eigenvalue weighted by Gasteiger charge is -2.18. The van der Waals surface area contributed by atoms with Crippen LogP contribution in [0.2, 0.25) is 0 Å². The van der Waals surface area contributed by atoms with Crippen molar-refractivity contribution in [2.45, 2.75) is 40.5 Å². The van der Waals surface area contributed by atoms with E-state index in [0.717, 1.165) is 11.1 Å². The first-order valence-corrected chi connectivity index (χ1v) is 5.25. The number of hydrogen-bond acceptors (Lipinski definition) is 2. The Kier molecular flexibility index (Phi) is 5.52. The van der Waals surface area contributed by atoms with Gasteiger partial charge in [-0.3, -0.25) is 4.79 Å². The molecule has 3 heteroatoms. The smallest absolute Gasteiger partial charge is 0.324 e. The summed E-state index contributed by atoms with van der Waals surface area (Å²) in [5.41, 5.74) is 0.727. The molecule has 0 radical (unpaired) electrons. The van der Waals surface area contributed by atoms with Crippen LogP contribution >= 0.6 is 0 Å². The van der Waals surface area contributed by atoms with Crippen molar-refractivity contribution in [3.8, 4) is 6.07 Å². The Bertz CT molecular complexity index is 331. The van der Waals surface area contributed by atoms with Gasteiger partial charge in [-0.1, -0.05) is 23.3 Å². The van der Waals surface area contributed by atoms with Gasteiger partial charge >= 0.3 is 5.97 Å². The molecule has 16 heavy (non-hydrogen) atoms. The van der Waals surface area contributed by atoms with Crippen LogP contribution < -0.4 is 0 Å². The molecule has 0 atom stereocenters. The van der Waals surface area contributed by atoms with Crippen molar-refractivity contribution in [1.82, 2.24) is 0 Å². The average Bonchev–Trinajstić information content (AvgIpc) is 2.17. The van der Waals surface area contributed by atoms with Crippen LogP contribution in [0.1, 0.15) is 40.5 Å². The molecule has 0 fully saturated rings. The van der Waals surface area contributed by atoms with E-state index in [9.17, 15) is 4.79 Å². The van der Waals surface area contributed by atoms with Crippen LogP contribution in [0.4, 0.5) is 0 Å². The molecule has 0 bridgehead atoms. The van der Waals surface area contributed by atoms with Gasteiger partial charge in [-0.05, 0) is 40.5 Å². The highest BCUT2D eigenvalue weighted by molar-refractivity contribution is 5.78. The first kappa shape index (κ1) is 14.4. The highest BCUT2D eigenvalue weighted by atomic mass is 16.4. The molecule has 1 N–H and O–H groups in total. The van der Waals surface area contributed by atoms with E-state index in [-0.39, 0.29) is 12.8 Å². The zero-order valence-corrected chi connectivity index (χ0v) is 10.4. The summed E-state index contributed by atoms with van der Waals surface area (Å²) in [6.45, 7) is 7.57. The Morgan fingerprint density at radius 3 is 1.75 bits per heavy atom. The highest BCUT2D eigenvalue weighted by Gasteiger charge is 2.36. The van der Waals surface area contributed by atoms with Gasteiger partial charge in [0.2, 0.25) is 0 Å². The van der Waals surface area contributed by atoms with Gasteiger partial charge in [-0.15, -0.1) is 0 Å². The third-order valence-corrected chi connectivity index (χ3v) is 2.34. The van der Waals surface area contributed by atoms with Gasteiger partial charge in [0.1, 0.15) is 0 Å². The van der Waals surface area contributed by atoms with Crippen LogP contribution in [0.15, 0.2) is 23.3 Å². The number of rotatable bonds is 5. The maximum Gasteiger partial charge on any atom is 0.324 e. The first-order chi connectivity index (χ1) is 7.34. The molecule has 0 aliphatic rings. The summed E-state index contributed by atoms with van der Waals surface area (Å²) < 4.78 is 0. The topological polar surface area (TPSA) is 61.1 Å². The molecule has 0 amide bonds. The molecule has 0 rings (SSSR count). The van der Waals surface area contributed by atoms with E-state index in [4.69, 9.17) is 10.4 Å². The maximum atomic E-state index is 11.2. The highest BCUT2D eigenvalue weighted by Crippen LogP contribution is 2.28. The minimum atomic E-state index is -1.32. The Morgan fingerprint density at radius 1 is 1.19 bits per heavy atom. The summed E-state index contributed by atoms with van der Waals surface area (Å²) in [5, 5.41) is 18.3. The Balaban J connectivity index is 5.03. The van der Waals surface area contributed by atoms with E-state index in [2.05, 4.69) is 0 Å². The molecular weight excluding hydrogens is 202 g/mol. The predicted molar refractivity (Wildman–Crippen MR) is 63.8 cm³/mol. The number of nitriles is 1. The predicted octanol–water partition coefficient (Wildman–Crippen LogP) is 3.29. The molecule has 0 heterocycles. The summed E-state index contributed by atoms with van der Waals surface area (Å²) in [4.78, 5) is 11.2. The number of carboxylic acids is 1. The molecule has 0 aliphatic heterocycles. The Morgan fingerprint density at radius 2 is 1.56 bits per heavy atom. The van der Waals surface area contributed by atoms with Crippen molar-refractivity contribution in [3.05, 3.63) is 23.3 Å². The Labute approximate surface area is 97.1 Å². The van der Waals surface area contributed by atoms with Crippen molar-refractivity contribution in [2.75, 3.05) is 0 Å². The average molecular weight is 221 g/mol. The number of nitrogens with zero attached hydrogens (tertiary/aromatic N) is 1. The van der Waals surface area contributed by atoms with E-state index in [1.54, 1.807) is 12.2 Å².